The van der Waals surface area contributed by atoms with Crippen LogP contribution in [0.1, 0.15) is 27.2 Å². The number of alkyl halides is 3. The highest BCUT2D eigenvalue weighted by molar-refractivity contribution is 6.05. The molecule has 0 unspecified atom stereocenters. The number of amidine groups is 2. The predicted molar refractivity (Wildman–Crippen MR) is 125 cm³/mol. The Balaban J connectivity index is 1.48. The van der Waals surface area contributed by atoms with E-state index in [0.29, 0.717) is 33.4 Å². The highest BCUT2D eigenvalue weighted by Crippen LogP contribution is 2.36. The van der Waals surface area contributed by atoms with E-state index in [-0.39, 0.29) is 36.4 Å². The van der Waals surface area contributed by atoms with Crippen molar-refractivity contribution in [1.82, 2.24) is 20.0 Å². The lowest BCUT2D eigenvalue weighted by atomic mass is 9.97. The van der Waals surface area contributed by atoms with Gasteiger partial charge in [0.2, 0.25) is 5.84 Å². The number of hydrogen-bond donors (Lipinski definition) is 3. The molecule has 9 nitrogen and oxygen atoms in total. The van der Waals surface area contributed by atoms with Crippen LogP contribution in [0, 0.1) is 16.6 Å². The Morgan fingerprint density at radius 3 is 2.62 bits per heavy atom. The minimum absolute atomic E-state index is 0.0387. The normalized spacial score (nSPS) is 15.6. The fourth-order valence-corrected chi connectivity index (χ4v) is 4.61. The van der Waals surface area contributed by atoms with E-state index >= 15 is 4.39 Å². The van der Waals surface area contributed by atoms with Gasteiger partial charge in [-0.3, -0.25) is 20.4 Å². The van der Waals surface area contributed by atoms with Crippen molar-refractivity contribution in [3.63, 3.8) is 0 Å². The SMILES string of the molecule is N=C1CN(C(=O)c2c(F)c(Cc3n[nH]c(=O)c4ccccc34)cc3c2OCC3)CCN1C(=N)C(F)(F)F. The van der Waals surface area contributed by atoms with Crippen LogP contribution in [0.4, 0.5) is 17.6 Å². The van der Waals surface area contributed by atoms with Gasteiger partial charge in [-0.1, -0.05) is 18.2 Å². The van der Waals surface area contributed by atoms with Gasteiger partial charge in [0, 0.05) is 31.3 Å². The predicted octanol–water partition coefficient (Wildman–Crippen LogP) is 2.86. The molecule has 3 heterocycles. The smallest absolute Gasteiger partial charge is 0.449 e. The first kappa shape index (κ1) is 24.4. The zero-order valence-corrected chi connectivity index (χ0v) is 19.2. The number of benzene rings is 2. The van der Waals surface area contributed by atoms with Crippen LogP contribution in [0.3, 0.4) is 0 Å². The molecule has 37 heavy (non-hydrogen) atoms. The third kappa shape index (κ3) is 4.30. The number of aromatic amines is 1. The number of ether oxygens (including phenoxy) is 1. The second-order valence-electron chi connectivity index (χ2n) is 8.70. The standard InChI is InChI=1S/C24H20F4N6O3/c25-19-13(10-16-14-3-1-2-4-15(14)21(35)32-31-16)9-12-5-8-37-20(12)18(19)22(36)33-6-7-34(17(29)11-33)23(30)24(26,27)28/h1-4,9,29-30H,5-8,10-11H2,(H,32,35). The lowest BCUT2D eigenvalue weighted by molar-refractivity contribution is -0.0675. The third-order valence-electron chi connectivity index (χ3n) is 6.42. The molecule has 13 heteroatoms. The molecule has 1 aromatic heterocycles. The fourth-order valence-electron chi connectivity index (χ4n) is 4.61. The summed E-state index contributed by atoms with van der Waals surface area (Å²) in [6.45, 7) is -0.975. The summed E-state index contributed by atoms with van der Waals surface area (Å²) in [5.74, 6) is -3.90. The summed E-state index contributed by atoms with van der Waals surface area (Å²) in [4.78, 5) is 27.1. The van der Waals surface area contributed by atoms with Crippen LogP contribution >= 0.6 is 0 Å². The largest absolute Gasteiger partial charge is 0.492 e. The molecule has 2 aliphatic heterocycles. The van der Waals surface area contributed by atoms with Crippen molar-refractivity contribution in [3.8, 4) is 5.75 Å². The van der Waals surface area contributed by atoms with Crippen LogP contribution < -0.4 is 10.3 Å². The number of carbonyl (C=O) groups excluding carboxylic acids is 1. The van der Waals surface area contributed by atoms with Crippen LogP contribution in [0.15, 0.2) is 35.1 Å². The van der Waals surface area contributed by atoms with E-state index < -0.39 is 48.2 Å². The van der Waals surface area contributed by atoms with E-state index in [2.05, 4.69) is 10.2 Å². The van der Waals surface area contributed by atoms with Gasteiger partial charge in [0.1, 0.15) is 23.0 Å². The Hall–Kier alpha value is -4.29. The summed E-state index contributed by atoms with van der Waals surface area (Å²) in [5, 5.41) is 22.6. The summed E-state index contributed by atoms with van der Waals surface area (Å²) in [6.07, 6.45) is -4.55. The van der Waals surface area contributed by atoms with Crippen LogP contribution in [-0.4, -0.2) is 70.0 Å². The summed E-state index contributed by atoms with van der Waals surface area (Å²) < 4.78 is 60.2. The van der Waals surface area contributed by atoms with Crippen molar-refractivity contribution in [2.24, 2.45) is 0 Å². The molecule has 2 aromatic carbocycles. The summed E-state index contributed by atoms with van der Waals surface area (Å²) >= 11 is 0. The van der Waals surface area contributed by atoms with Gasteiger partial charge in [0.05, 0.1) is 24.2 Å². The van der Waals surface area contributed by atoms with E-state index in [1.54, 1.807) is 30.3 Å². The molecule has 192 valence electrons. The zero-order chi connectivity index (χ0) is 26.5. The maximum absolute atomic E-state index is 15.9. The molecule has 0 radical (unpaired) electrons. The molecule has 0 saturated carbocycles. The fraction of sp³-hybridized carbons (Fsp3) is 0.292. The Bertz CT molecular complexity index is 1520. The van der Waals surface area contributed by atoms with Crippen LogP contribution in [0.25, 0.3) is 10.8 Å². The minimum Gasteiger partial charge on any atom is -0.492 e. The van der Waals surface area contributed by atoms with Crippen molar-refractivity contribution in [3.05, 3.63) is 68.9 Å². The number of piperazine rings is 1. The van der Waals surface area contributed by atoms with Gasteiger partial charge in [-0.25, -0.2) is 9.49 Å². The number of fused-ring (bicyclic) bond motifs is 2. The molecule has 1 amide bonds. The second-order valence-corrected chi connectivity index (χ2v) is 8.70. The molecule has 1 fully saturated rings. The number of hydrogen-bond acceptors (Lipinski definition) is 6. The molecule has 0 aliphatic carbocycles. The van der Waals surface area contributed by atoms with Gasteiger partial charge in [-0.15, -0.1) is 0 Å². The monoisotopic (exact) mass is 516 g/mol. The quantitative estimate of drug-likeness (QED) is 0.280. The van der Waals surface area contributed by atoms with Crippen LogP contribution in [-0.2, 0) is 12.8 Å². The number of nitrogens with one attached hydrogen (secondary N) is 3. The summed E-state index contributed by atoms with van der Waals surface area (Å²) in [5.41, 5.74) is 0.391. The maximum Gasteiger partial charge on any atom is 0.449 e. The van der Waals surface area contributed by atoms with Gasteiger partial charge in [0.15, 0.2) is 0 Å². The van der Waals surface area contributed by atoms with Gasteiger partial charge < -0.3 is 14.5 Å². The number of amides is 1. The maximum atomic E-state index is 15.9. The molecular formula is C24H20F4N6O3. The lowest BCUT2D eigenvalue weighted by Gasteiger charge is -2.36. The minimum atomic E-state index is -4.94. The van der Waals surface area contributed by atoms with Crippen LogP contribution in [0.2, 0.25) is 0 Å². The number of nitrogens with zero attached hydrogens (tertiary/aromatic N) is 3. The molecule has 0 atom stereocenters. The Kier molecular flexibility index (Phi) is 5.92. The molecule has 2 aliphatic rings. The topological polar surface area (TPSA) is 126 Å². The molecule has 1 saturated heterocycles. The highest BCUT2D eigenvalue weighted by Gasteiger charge is 2.42. The van der Waals surface area contributed by atoms with Crippen molar-refractivity contribution in [2.75, 3.05) is 26.2 Å². The van der Waals surface area contributed by atoms with E-state index in [1.165, 1.54) is 0 Å². The van der Waals surface area contributed by atoms with Crippen molar-refractivity contribution in [2.45, 2.75) is 19.0 Å². The van der Waals surface area contributed by atoms with Gasteiger partial charge in [0.25, 0.3) is 11.5 Å². The van der Waals surface area contributed by atoms with E-state index in [0.717, 1.165) is 4.90 Å². The average molecular weight is 516 g/mol. The average Bonchev–Trinajstić information content (AvgIpc) is 3.33. The van der Waals surface area contributed by atoms with E-state index in [4.69, 9.17) is 15.6 Å². The number of H-pyrrole nitrogens is 1. The number of halogens is 4. The zero-order valence-electron chi connectivity index (χ0n) is 19.2. The number of carbonyl (C=O) groups is 1. The summed E-state index contributed by atoms with van der Waals surface area (Å²) in [6, 6.07) is 8.31. The Morgan fingerprint density at radius 2 is 1.92 bits per heavy atom. The molecule has 0 spiro atoms. The van der Waals surface area contributed by atoms with E-state index in [9.17, 15) is 22.8 Å². The number of rotatable bonds is 3. The molecule has 5 rings (SSSR count). The van der Waals surface area contributed by atoms with Crippen molar-refractivity contribution >= 4 is 28.4 Å². The van der Waals surface area contributed by atoms with Gasteiger partial charge in [-0.2, -0.15) is 18.3 Å². The Labute approximate surface area is 206 Å². The van der Waals surface area contributed by atoms with Crippen molar-refractivity contribution < 1.29 is 27.1 Å². The molecule has 3 aromatic rings. The van der Waals surface area contributed by atoms with Crippen LogP contribution in [0.5, 0.6) is 5.75 Å². The molecule has 0 bridgehead atoms. The second kappa shape index (κ2) is 8.98. The molecule has 3 N–H and O–H groups in total. The number of aromatic nitrogens is 2. The highest BCUT2D eigenvalue weighted by atomic mass is 19.4. The van der Waals surface area contributed by atoms with E-state index in [1.807, 2.05) is 0 Å². The van der Waals surface area contributed by atoms with Gasteiger partial charge >= 0.3 is 6.18 Å². The van der Waals surface area contributed by atoms with Gasteiger partial charge in [-0.05, 0) is 23.3 Å². The first-order chi connectivity index (χ1) is 17.6. The first-order valence-corrected chi connectivity index (χ1v) is 11.3. The summed E-state index contributed by atoms with van der Waals surface area (Å²) in [7, 11) is 0. The first-order valence-electron chi connectivity index (χ1n) is 11.3. The Morgan fingerprint density at radius 1 is 1.19 bits per heavy atom. The van der Waals surface area contributed by atoms with Crippen molar-refractivity contribution in [1.29, 1.82) is 10.8 Å². The third-order valence-corrected chi connectivity index (χ3v) is 6.42. The molecular weight excluding hydrogens is 496 g/mol. The lowest BCUT2D eigenvalue weighted by Crippen LogP contribution is -2.56.